The second-order valence-electron chi connectivity index (χ2n) is 32.4. The molecule has 2 aliphatic heterocycles. The highest BCUT2D eigenvalue weighted by Crippen LogP contribution is 2.91. The van der Waals surface area contributed by atoms with Gasteiger partial charge in [-0.25, -0.2) is 0 Å². The van der Waals surface area contributed by atoms with Crippen LogP contribution in [-0.2, 0) is 18.4 Å². The summed E-state index contributed by atoms with van der Waals surface area (Å²) in [4.78, 5) is 0. The summed E-state index contributed by atoms with van der Waals surface area (Å²) in [6, 6.07) is 13.3. The first-order valence-electron chi connectivity index (χ1n) is 34.7. The lowest BCUT2D eigenvalue weighted by molar-refractivity contribution is 0.224. The molecule has 2 heteroatoms. The van der Waals surface area contributed by atoms with Gasteiger partial charge in [0, 0.05) is 62.8 Å². The van der Waals surface area contributed by atoms with Crippen LogP contribution in [0.25, 0.3) is 104 Å². The van der Waals surface area contributed by atoms with E-state index in [1.807, 2.05) is 111 Å². The molecule has 0 N–H and O–H groups in total. The maximum absolute atomic E-state index is 7.18. The molecule has 400 valence electrons. The molecule has 84 heavy (non-hydrogen) atoms. The fourth-order valence-electron chi connectivity index (χ4n) is 29.7. The standard InChI is InChI=1S/C82H61NO/c1-5-7-9-11-12-14-16-27(15-13-10-8-6-2)24-84-29-19-17-28(18-20-29)82-78-72-49-35-22-31-30-21-32-41-36-25(3)37-42(35)59(72)66-63-53(37)51(36)44-33-23-34-45(44)57(63)65-58-47(34)52-39-26(4)38-50(43(33)41)46(32)56-40(30)60-67-62(56)54(38)55(39)64-70-61(52)68(58)73(74(78)69(65)66)79(82)75(70)77(71(64)67)81-76(60)48(31)80(49)83(81)82/h17-20,22,26-27,32,34,37-38,42,46-47,50,56,58,65,69,74H,3,5-16,21,23-24H2,1-2,4H3/t26?,27?,32?,34?,37?,38-,42?,46+,47?,50?,56-,58?,65?,69?,74?,82-/m1/s1. The average molecular weight is 1080 g/mol. The van der Waals surface area contributed by atoms with Crippen molar-refractivity contribution in [2.75, 3.05) is 6.61 Å². The second-order valence-corrected chi connectivity index (χ2v) is 32.4. The molecule has 2 nitrogen and oxygen atoms in total. The molecule has 0 spiro atoms. The molecule has 9 aromatic carbocycles. The highest BCUT2D eigenvalue weighted by molar-refractivity contribution is 6.49. The van der Waals surface area contributed by atoms with Crippen LogP contribution in [-0.4, -0.2) is 11.2 Å². The molecule has 19 aliphatic rings. The van der Waals surface area contributed by atoms with Crippen LogP contribution in [0.5, 0.6) is 5.75 Å². The fourth-order valence-corrected chi connectivity index (χ4v) is 29.7. The van der Waals surface area contributed by atoms with Crippen molar-refractivity contribution in [3.63, 3.8) is 0 Å². The van der Waals surface area contributed by atoms with E-state index in [1.165, 1.54) is 95.5 Å². The van der Waals surface area contributed by atoms with Gasteiger partial charge in [0.25, 0.3) is 0 Å². The van der Waals surface area contributed by atoms with Gasteiger partial charge in [-0.3, -0.25) is 0 Å². The highest BCUT2D eigenvalue weighted by Gasteiger charge is 2.76. The minimum absolute atomic E-state index is 0.319. The van der Waals surface area contributed by atoms with Gasteiger partial charge < -0.3 is 9.30 Å². The smallest absolute Gasteiger partial charge is 0.119 e. The molecule has 0 fully saturated rings. The molecule has 0 amide bonds. The van der Waals surface area contributed by atoms with Crippen LogP contribution in [0, 0.1) is 17.8 Å². The summed E-state index contributed by atoms with van der Waals surface area (Å²) >= 11 is 0. The molecule has 17 aliphatic carbocycles. The molecular weight excluding hydrogens is 1010 g/mol. The Morgan fingerprint density at radius 3 is 2.14 bits per heavy atom. The number of ether oxygens (including phenoxy) is 1. The van der Waals surface area contributed by atoms with Gasteiger partial charge in [-0.05, 0) is 285 Å². The zero-order valence-electron chi connectivity index (χ0n) is 48.2. The van der Waals surface area contributed by atoms with Crippen molar-refractivity contribution in [3.05, 3.63) is 159 Å². The number of allylic oxidation sites excluding steroid dienone is 5. The van der Waals surface area contributed by atoms with Crippen LogP contribution >= 0.6 is 0 Å². The van der Waals surface area contributed by atoms with E-state index in [-0.39, 0.29) is 0 Å². The molecule has 12 unspecified atom stereocenters. The third-order valence-corrected chi connectivity index (χ3v) is 30.8. The van der Waals surface area contributed by atoms with Gasteiger partial charge >= 0.3 is 0 Å². The molecule has 12 bridgehead atoms. The number of nitrogens with zero attached hydrogens (tertiary/aromatic N) is 1. The Morgan fingerprint density at radius 2 is 1.27 bits per heavy atom. The van der Waals surface area contributed by atoms with Crippen LogP contribution < -0.4 is 4.74 Å². The number of hydrogen-bond donors (Lipinski definition) is 0. The van der Waals surface area contributed by atoms with Gasteiger partial charge in [-0.15, -0.1) is 0 Å². The van der Waals surface area contributed by atoms with E-state index < -0.39 is 5.54 Å². The Labute approximate surface area is 486 Å². The number of hydrogen-bond acceptors (Lipinski definition) is 1. The molecule has 10 aromatic rings. The highest BCUT2D eigenvalue weighted by atomic mass is 16.5. The van der Waals surface area contributed by atoms with E-state index in [0.29, 0.717) is 88.8 Å². The Kier molecular flexibility index (Phi) is 5.55. The van der Waals surface area contributed by atoms with Crippen LogP contribution in [0.15, 0.2) is 48.1 Å². The number of fused-ring (bicyclic) bond motifs is 5. The first kappa shape index (κ1) is 40.6. The molecule has 3 heterocycles. The third-order valence-electron chi connectivity index (χ3n) is 30.8. The van der Waals surface area contributed by atoms with Crippen molar-refractivity contribution in [1.29, 1.82) is 0 Å². The summed E-state index contributed by atoms with van der Waals surface area (Å²) in [6.45, 7) is 14.0. The third kappa shape index (κ3) is 3.10. The summed E-state index contributed by atoms with van der Waals surface area (Å²) in [5, 5.41) is 21.2. The molecule has 1 aromatic heterocycles. The van der Waals surface area contributed by atoms with Gasteiger partial charge in [0.1, 0.15) is 11.3 Å². The minimum atomic E-state index is -0.429. The van der Waals surface area contributed by atoms with Crippen molar-refractivity contribution in [1.82, 2.24) is 4.57 Å². The Balaban J connectivity index is 0.808. The summed E-state index contributed by atoms with van der Waals surface area (Å²) in [7, 11) is 0. The van der Waals surface area contributed by atoms with E-state index >= 15 is 0 Å². The lowest BCUT2D eigenvalue weighted by atomic mass is 9.53. The van der Waals surface area contributed by atoms with Crippen molar-refractivity contribution in [2.24, 2.45) is 17.8 Å². The topological polar surface area (TPSA) is 14.2 Å². The molecular formula is C82H61NO. The number of unbranched alkanes of at least 4 members (excludes halogenated alkanes) is 8. The Hall–Kier alpha value is -6.64. The largest absolute Gasteiger partial charge is 0.493 e. The molecule has 29 rings (SSSR count). The van der Waals surface area contributed by atoms with Crippen molar-refractivity contribution in [3.8, 4) is 16.9 Å². The van der Waals surface area contributed by atoms with Gasteiger partial charge in [0.15, 0.2) is 0 Å². The molecule has 0 saturated heterocycles. The summed E-state index contributed by atoms with van der Waals surface area (Å²) in [5.74, 6) is 8.75. The van der Waals surface area contributed by atoms with Gasteiger partial charge in [0.05, 0.1) is 17.6 Å². The van der Waals surface area contributed by atoms with Crippen LogP contribution in [0.4, 0.5) is 0 Å². The van der Waals surface area contributed by atoms with Gasteiger partial charge in [-0.2, -0.15) is 0 Å². The second kappa shape index (κ2) is 11.5. The van der Waals surface area contributed by atoms with Crippen LogP contribution in [0.2, 0.25) is 0 Å². The SMILES string of the molecule is C=C1c2c3c4c5c6c7c8c9c(c26)C1C1C2=C9C6C9C%10=C2c2c1cc1c%11c%12c%13c%14c%15c%16c%17c(c%18c%19c(c9c9c%20c%19c%17c%14c-%20c%14c%13c1c2n%14[C@]%109c1ccc(OCC(CCCCCC)CCCCCCCC)cc1)C(C%18C7C5)C86)C(C)[C@@H]%16C4[C@H](C3C%11)[C@H]%15%12. The number of benzene rings is 9. The Bertz CT molecular complexity index is 5600. The lowest BCUT2D eigenvalue weighted by Gasteiger charge is -2.50. The zero-order chi connectivity index (χ0) is 52.8. The average Bonchev–Trinajstić information content (AvgIpc) is 1.41. The minimum Gasteiger partial charge on any atom is -0.493 e. The lowest BCUT2D eigenvalue weighted by Crippen LogP contribution is -2.42. The van der Waals surface area contributed by atoms with Crippen molar-refractivity contribution >= 4 is 92.4 Å². The maximum atomic E-state index is 7.18. The predicted octanol–water partition coefficient (Wildman–Crippen LogP) is 19.9. The summed E-state index contributed by atoms with van der Waals surface area (Å²) < 4.78 is 10.4. The predicted molar refractivity (Wildman–Crippen MR) is 337 cm³/mol. The first-order chi connectivity index (χ1) is 41.6. The number of aromatic nitrogens is 1. The Morgan fingerprint density at radius 1 is 0.524 bits per heavy atom. The fraction of sp³-hybridized carbons (Fsp3) is 0.415. The van der Waals surface area contributed by atoms with Crippen molar-refractivity contribution < 1.29 is 4.74 Å². The van der Waals surface area contributed by atoms with E-state index in [4.69, 9.17) is 11.3 Å². The summed E-state index contributed by atoms with van der Waals surface area (Å²) in [6.07, 6.45) is 18.7. The van der Waals surface area contributed by atoms with E-state index in [2.05, 4.69) is 55.7 Å². The molecule has 0 radical (unpaired) electrons. The first-order valence-corrected chi connectivity index (χ1v) is 34.7. The van der Waals surface area contributed by atoms with E-state index in [0.717, 1.165) is 12.4 Å². The summed E-state index contributed by atoms with van der Waals surface area (Å²) in [5.41, 5.74) is 51.9. The maximum Gasteiger partial charge on any atom is 0.119 e. The number of rotatable bonds is 16. The van der Waals surface area contributed by atoms with E-state index in [9.17, 15) is 0 Å². The van der Waals surface area contributed by atoms with Gasteiger partial charge in [-0.1, -0.05) is 104 Å². The van der Waals surface area contributed by atoms with Crippen molar-refractivity contribution in [2.45, 2.75) is 187 Å². The monoisotopic (exact) mass is 1080 g/mol. The molecule has 16 atom stereocenters. The zero-order valence-corrected chi connectivity index (χ0v) is 48.2. The van der Waals surface area contributed by atoms with Crippen LogP contribution in [0.3, 0.4) is 0 Å². The van der Waals surface area contributed by atoms with Crippen LogP contribution in [0.1, 0.15) is 280 Å². The normalized spacial score (nSPS) is 34.3. The quantitative estimate of drug-likeness (QED) is 0.0695. The van der Waals surface area contributed by atoms with E-state index in [1.54, 1.807) is 110 Å². The van der Waals surface area contributed by atoms with Gasteiger partial charge in [0.2, 0.25) is 0 Å². The molecule has 0 saturated carbocycles.